The smallest absolute Gasteiger partial charge is 0.0429 e. The van der Waals surface area contributed by atoms with Crippen LogP contribution in [0.15, 0.2) is 18.2 Å². The van der Waals surface area contributed by atoms with Gasteiger partial charge in [-0.25, -0.2) is 0 Å². The van der Waals surface area contributed by atoms with Crippen LogP contribution in [0.1, 0.15) is 38.2 Å². The van der Waals surface area contributed by atoms with Gasteiger partial charge in [0.25, 0.3) is 0 Å². The average molecular weight is 267 g/mol. The summed E-state index contributed by atoms with van der Waals surface area (Å²) in [7, 11) is 0. The number of halogens is 1. The number of likely N-dealkylation sites (tertiary alicyclic amines) is 1. The first-order chi connectivity index (χ1) is 8.67. The van der Waals surface area contributed by atoms with E-state index >= 15 is 0 Å². The third kappa shape index (κ3) is 3.89. The number of nitrogens with zero attached hydrogens (tertiary/aromatic N) is 1. The summed E-state index contributed by atoms with van der Waals surface area (Å²) >= 11 is 6.05. The van der Waals surface area contributed by atoms with E-state index in [-0.39, 0.29) is 0 Å². The molecule has 0 amide bonds. The molecule has 1 unspecified atom stereocenters. The first kappa shape index (κ1) is 13.7. The molecule has 0 aromatic heterocycles. The molecule has 1 aromatic carbocycles. The summed E-state index contributed by atoms with van der Waals surface area (Å²) in [5.74, 6) is 0.916. The summed E-state index contributed by atoms with van der Waals surface area (Å²) in [5.41, 5.74) is 7.83. The van der Waals surface area contributed by atoms with Crippen molar-refractivity contribution in [2.45, 2.75) is 39.2 Å². The second kappa shape index (κ2) is 6.44. The normalized spacial score (nSPS) is 21.8. The van der Waals surface area contributed by atoms with Crippen LogP contribution in [-0.4, -0.2) is 18.0 Å². The van der Waals surface area contributed by atoms with Gasteiger partial charge < -0.3 is 5.73 Å². The molecule has 1 saturated heterocycles. The molecule has 0 saturated carbocycles. The highest BCUT2D eigenvalue weighted by atomic mass is 35.5. The molecule has 1 fully saturated rings. The van der Waals surface area contributed by atoms with Gasteiger partial charge in [0.1, 0.15) is 0 Å². The van der Waals surface area contributed by atoms with Gasteiger partial charge in [-0.05, 0) is 62.0 Å². The van der Waals surface area contributed by atoms with E-state index in [1.807, 2.05) is 12.1 Å². The molecule has 1 aliphatic rings. The minimum Gasteiger partial charge on any atom is -0.399 e. The van der Waals surface area contributed by atoms with E-state index in [0.717, 1.165) is 23.2 Å². The fraction of sp³-hybridized carbons (Fsp3) is 0.600. The van der Waals surface area contributed by atoms with Gasteiger partial charge in [0.2, 0.25) is 0 Å². The van der Waals surface area contributed by atoms with E-state index in [1.54, 1.807) is 6.07 Å². The zero-order valence-electron chi connectivity index (χ0n) is 11.2. The van der Waals surface area contributed by atoms with Crippen molar-refractivity contribution in [2.75, 3.05) is 18.8 Å². The van der Waals surface area contributed by atoms with Gasteiger partial charge in [-0.15, -0.1) is 0 Å². The molecular weight excluding hydrogens is 244 g/mol. The van der Waals surface area contributed by atoms with E-state index in [1.165, 1.54) is 44.3 Å². The maximum atomic E-state index is 6.05. The van der Waals surface area contributed by atoms with E-state index in [2.05, 4.69) is 11.8 Å². The van der Waals surface area contributed by atoms with Crippen molar-refractivity contribution < 1.29 is 0 Å². The van der Waals surface area contributed by atoms with E-state index in [9.17, 15) is 0 Å². The molecule has 3 heteroatoms. The van der Waals surface area contributed by atoms with Crippen LogP contribution in [0.25, 0.3) is 0 Å². The number of hydrogen-bond acceptors (Lipinski definition) is 2. The Balaban J connectivity index is 1.96. The van der Waals surface area contributed by atoms with Gasteiger partial charge >= 0.3 is 0 Å². The highest BCUT2D eigenvalue weighted by Gasteiger charge is 2.15. The van der Waals surface area contributed by atoms with Gasteiger partial charge in [0, 0.05) is 17.3 Å². The molecule has 100 valence electrons. The van der Waals surface area contributed by atoms with E-state index < -0.39 is 0 Å². The molecule has 0 bridgehead atoms. The number of nitrogen functional groups attached to an aromatic ring is 1. The summed E-state index contributed by atoms with van der Waals surface area (Å²) in [4.78, 5) is 2.53. The first-order valence-electron chi connectivity index (χ1n) is 6.94. The SMILES string of the molecule is CCC1CCCN(Cc2cc(N)cc(Cl)c2)CC1. The Labute approximate surface area is 115 Å². The number of rotatable bonds is 3. The molecule has 1 heterocycles. The third-order valence-corrected chi connectivity index (χ3v) is 4.12. The van der Waals surface area contributed by atoms with Crippen LogP contribution in [0.5, 0.6) is 0 Å². The molecule has 0 aliphatic carbocycles. The van der Waals surface area contributed by atoms with Crippen molar-refractivity contribution in [3.05, 3.63) is 28.8 Å². The topological polar surface area (TPSA) is 29.3 Å². The van der Waals surface area contributed by atoms with Crippen molar-refractivity contribution >= 4 is 17.3 Å². The molecule has 2 N–H and O–H groups in total. The van der Waals surface area contributed by atoms with Crippen LogP contribution in [0.3, 0.4) is 0 Å². The standard InChI is InChI=1S/C15H23ClN2/c1-2-12-4-3-6-18(7-5-12)11-13-8-14(16)10-15(17)9-13/h8-10,12H,2-7,11,17H2,1H3. The second-order valence-corrected chi connectivity index (χ2v) is 5.81. The molecule has 2 rings (SSSR count). The van der Waals surface area contributed by atoms with E-state index in [0.29, 0.717) is 0 Å². The second-order valence-electron chi connectivity index (χ2n) is 5.37. The lowest BCUT2D eigenvalue weighted by molar-refractivity contribution is 0.272. The van der Waals surface area contributed by atoms with Gasteiger partial charge in [-0.1, -0.05) is 24.9 Å². The van der Waals surface area contributed by atoms with Crippen molar-refractivity contribution in [3.8, 4) is 0 Å². The Morgan fingerprint density at radius 1 is 1.28 bits per heavy atom. The molecule has 0 radical (unpaired) electrons. The monoisotopic (exact) mass is 266 g/mol. The molecular formula is C15H23ClN2. The van der Waals surface area contributed by atoms with Crippen molar-refractivity contribution in [3.63, 3.8) is 0 Å². The quantitative estimate of drug-likeness (QED) is 0.840. The minimum absolute atomic E-state index is 0.742. The summed E-state index contributed by atoms with van der Waals surface area (Å²) in [6.07, 6.45) is 5.34. The summed E-state index contributed by atoms with van der Waals surface area (Å²) in [5, 5.41) is 0.742. The molecule has 1 aromatic rings. The summed E-state index contributed by atoms with van der Waals surface area (Å²) in [6, 6.07) is 5.87. The predicted octanol–water partition coefficient (Wildman–Crippen LogP) is 3.93. The Bertz CT molecular complexity index is 372. The van der Waals surface area contributed by atoms with Crippen LogP contribution in [0.2, 0.25) is 5.02 Å². The summed E-state index contributed by atoms with van der Waals surface area (Å²) < 4.78 is 0. The van der Waals surface area contributed by atoms with Crippen LogP contribution in [0, 0.1) is 5.92 Å². The molecule has 1 atom stereocenters. The lowest BCUT2D eigenvalue weighted by atomic mass is 9.98. The van der Waals surface area contributed by atoms with Gasteiger partial charge in [-0.2, -0.15) is 0 Å². The van der Waals surface area contributed by atoms with Crippen LogP contribution < -0.4 is 5.73 Å². The van der Waals surface area contributed by atoms with Crippen LogP contribution in [0.4, 0.5) is 5.69 Å². The molecule has 2 nitrogen and oxygen atoms in total. The average Bonchev–Trinajstić information content (AvgIpc) is 2.53. The third-order valence-electron chi connectivity index (χ3n) is 3.90. The molecule has 1 aliphatic heterocycles. The number of anilines is 1. The van der Waals surface area contributed by atoms with Crippen LogP contribution >= 0.6 is 11.6 Å². The zero-order chi connectivity index (χ0) is 13.0. The maximum absolute atomic E-state index is 6.05. The Hall–Kier alpha value is -0.730. The Morgan fingerprint density at radius 2 is 2.11 bits per heavy atom. The number of benzene rings is 1. The number of hydrogen-bond donors (Lipinski definition) is 1. The Morgan fingerprint density at radius 3 is 2.83 bits per heavy atom. The van der Waals surface area contributed by atoms with Crippen molar-refractivity contribution in [2.24, 2.45) is 5.92 Å². The van der Waals surface area contributed by atoms with Gasteiger partial charge in [0.15, 0.2) is 0 Å². The largest absolute Gasteiger partial charge is 0.399 e. The minimum atomic E-state index is 0.742. The molecule has 0 spiro atoms. The van der Waals surface area contributed by atoms with Crippen molar-refractivity contribution in [1.82, 2.24) is 4.90 Å². The lowest BCUT2D eigenvalue weighted by Crippen LogP contribution is -2.24. The molecule has 18 heavy (non-hydrogen) atoms. The Kier molecular flexibility index (Phi) is 4.90. The van der Waals surface area contributed by atoms with Crippen molar-refractivity contribution in [1.29, 1.82) is 0 Å². The fourth-order valence-electron chi connectivity index (χ4n) is 2.82. The van der Waals surface area contributed by atoms with Crippen LogP contribution in [-0.2, 0) is 6.54 Å². The first-order valence-corrected chi connectivity index (χ1v) is 7.32. The van der Waals surface area contributed by atoms with E-state index in [4.69, 9.17) is 17.3 Å². The maximum Gasteiger partial charge on any atom is 0.0429 e. The summed E-state index contributed by atoms with van der Waals surface area (Å²) in [6.45, 7) is 5.67. The highest BCUT2D eigenvalue weighted by molar-refractivity contribution is 6.30. The lowest BCUT2D eigenvalue weighted by Gasteiger charge is -2.20. The number of nitrogens with two attached hydrogens (primary N) is 1. The fourth-order valence-corrected chi connectivity index (χ4v) is 3.08. The predicted molar refractivity (Wildman–Crippen MR) is 78.8 cm³/mol. The van der Waals surface area contributed by atoms with Gasteiger partial charge in [0.05, 0.1) is 0 Å². The zero-order valence-corrected chi connectivity index (χ0v) is 11.9. The highest BCUT2D eigenvalue weighted by Crippen LogP contribution is 2.23. The van der Waals surface area contributed by atoms with Gasteiger partial charge in [-0.3, -0.25) is 4.90 Å².